The van der Waals surface area contributed by atoms with Gasteiger partial charge in [-0.15, -0.1) is 0 Å². The molecule has 1 amide bonds. The minimum absolute atomic E-state index is 0.138. The molecule has 84 valence electrons. The van der Waals surface area contributed by atoms with Crippen molar-refractivity contribution in [1.82, 2.24) is 0 Å². The van der Waals surface area contributed by atoms with E-state index < -0.39 is 6.75 Å². The first kappa shape index (κ1) is 8.15. The highest BCUT2D eigenvalue weighted by Crippen LogP contribution is 2.37. The molecule has 0 aliphatic carbocycles. The summed E-state index contributed by atoms with van der Waals surface area (Å²) in [4.78, 5) is 22.5. The molecule has 1 aliphatic heterocycles. The van der Waals surface area contributed by atoms with Crippen LogP contribution in [0, 0.1) is 0 Å². The van der Waals surface area contributed by atoms with Crippen LogP contribution in [0.5, 0.6) is 11.5 Å². The molecule has 5 nitrogen and oxygen atoms in total. The summed E-state index contributed by atoms with van der Waals surface area (Å²) in [6.07, 6.45) is 0. The molecule has 5 heteroatoms. The number of amides is 1. The maximum atomic E-state index is 11.5. The van der Waals surface area contributed by atoms with Gasteiger partial charge in [0.15, 0.2) is 17.3 Å². The predicted octanol–water partition coefficient (Wildman–Crippen LogP) is 1.58. The first-order valence-electron chi connectivity index (χ1n) is 5.63. The number of nitrogens with one attached hydrogen (secondary N) is 1. The number of carbonyl (C=O) groups excluding carboxylic acids is 2. The van der Waals surface area contributed by atoms with Gasteiger partial charge in [-0.05, 0) is 13.0 Å². The molecule has 0 aromatic heterocycles. The van der Waals surface area contributed by atoms with E-state index in [-0.39, 0.29) is 34.4 Å². The molecule has 16 heavy (non-hydrogen) atoms. The molecule has 2 rings (SSSR count). The van der Waals surface area contributed by atoms with Crippen LogP contribution in [-0.4, -0.2) is 18.4 Å². The van der Waals surface area contributed by atoms with Crippen LogP contribution in [0.1, 0.15) is 26.9 Å². The van der Waals surface area contributed by atoms with Crippen molar-refractivity contribution in [3.8, 4) is 11.5 Å². The zero-order valence-corrected chi connectivity index (χ0v) is 8.79. The van der Waals surface area contributed by atoms with Gasteiger partial charge in [0.25, 0.3) is 0 Å². The summed E-state index contributed by atoms with van der Waals surface area (Å²) in [5, 5.41) is 2.49. The second-order valence-corrected chi connectivity index (χ2v) is 3.37. The van der Waals surface area contributed by atoms with Gasteiger partial charge in [-0.3, -0.25) is 9.59 Å². The average molecular weight is 223 g/mol. The lowest BCUT2D eigenvalue weighted by atomic mass is 10.1. The monoisotopic (exact) mass is 223 g/mol. The van der Waals surface area contributed by atoms with Gasteiger partial charge in [-0.2, -0.15) is 0 Å². The molecule has 0 spiro atoms. The molecular weight excluding hydrogens is 210 g/mol. The molecule has 0 radical (unpaired) electrons. The highest BCUT2D eigenvalue weighted by Gasteiger charge is 2.19. The number of hydrogen-bond acceptors (Lipinski definition) is 4. The molecule has 1 aliphatic rings. The zero-order valence-electron chi connectivity index (χ0n) is 10.8. The first-order chi connectivity index (χ1) is 8.28. The molecule has 0 saturated heterocycles. The van der Waals surface area contributed by atoms with E-state index in [4.69, 9.17) is 12.2 Å². The van der Waals surface area contributed by atoms with Gasteiger partial charge < -0.3 is 14.8 Å². The van der Waals surface area contributed by atoms with E-state index in [1.807, 2.05) is 0 Å². The van der Waals surface area contributed by atoms with E-state index in [2.05, 4.69) is 5.32 Å². The van der Waals surface area contributed by atoms with Crippen LogP contribution in [0.4, 0.5) is 5.69 Å². The molecule has 0 fully saturated rings. The quantitative estimate of drug-likeness (QED) is 0.773. The van der Waals surface area contributed by atoms with Crippen molar-refractivity contribution in [2.24, 2.45) is 0 Å². The molecule has 0 atom stereocenters. The van der Waals surface area contributed by atoms with E-state index in [0.29, 0.717) is 0 Å². The van der Waals surface area contributed by atoms with E-state index in [1.54, 1.807) is 0 Å². The van der Waals surface area contributed by atoms with Gasteiger partial charge in [0.1, 0.15) is 2.74 Å². The lowest BCUT2D eigenvalue weighted by Crippen LogP contribution is -2.09. The van der Waals surface area contributed by atoms with Crippen molar-refractivity contribution in [3.05, 3.63) is 17.7 Å². The van der Waals surface area contributed by atoms with Crippen LogP contribution >= 0.6 is 0 Å². The molecule has 0 bridgehead atoms. The number of ketones is 1. The van der Waals surface area contributed by atoms with Gasteiger partial charge in [-0.1, -0.05) is 0 Å². The first-order valence-corrected chi connectivity index (χ1v) is 4.63. The molecular formula is C11H11NO4. The number of carbonyl (C=O) groups is 2. The van der Waals surface area contributed by atoms with Gasteiger partial charge in [0.2, 0.25) is 12.7 Å². The number of benzene rings is 1. The topological polar surface area (TPSA) is 64.6 Å². The zero-order chi connectivity index (χ0) is 13.5. The number of anilines is 1. The van der Waals surface area contributed by atoms with Gasteiger partial charge >= 0.3 is 0 Å². The number of ether oxygens (including phenoxy) is 2. The predicted molar refractivity (Wildman–Crippen MR) is 56.9 cm³/mol. The Bertz CT molecular complexity index is 542. The number of rotatable bonds is 2. The Morgan fingerprint density at radius 2 is 1.94 bits per heavy atom. The highest BCUT2D eigenvalue weighted by molar-refractivity contribution is 6.04. The van der Waals surface area contributed by atoms with E-state index in [0.717, 1.165) is 0 Å². The second kappa shape index (κ2) is 3.84. The number of fused-ring (bicyclic) bond motifs is 1. The standard InChI is InChI=1S/C11H11NO4/c1-6(13)8-3-10-11(16-5-15-10)4-9(8)12-7(2)14/h3-4H,5H2,1-2H3,(H,12,14)/i5D2. The Balaban J connectivity index is 2.49. The third-order valence-corrected chi connectivity index (χ3v) is 2.08. The van der Waals surface area contributed by atoms with E-state index in [9.17, 15) is 9.59 Å². The van der Waals surface area contributed by atoms with Crippen molar-refractivity contribution in [2.75, 3.05) is 12.1 Å². The highest BCUT2D eigenvalue weighted by atomic mass is 16.7. The lowest BCUT2D eigenvalue weighted by molar-refractivity contribution is -0.114. The number of hydrogen-bond donors (Lipinski definition) is 1. The van der Waals surface area contributed by atoms with Crippen LogP contribution in [0.25, 0.3) is 0 Å². The molecule has 0 unspecified atom stereocenters. The third kappa shape index (κ3) is 1.84. The van der Waals surface area contributed by atoms with Crippen LogP contribution in [0.2, 0.25) is 0 Å². The molecule has 1 heterocycles. The van der Waals surface area contributed by atoms with Crippen LogP contribution in [0.15, 0.2) is 12.1 Å². The SMILES string of the molecule is [2H]C1([2H])Oc2cc(NC(C)=O)c(C(C)=O)cc2O1. The van der Waals surface area contributed by atoms with Crippen molar-refractivity contribution in [1.29, 1.82) is 0 Å². The third-order valence-electron chi connectivity index (χ3n) is 2.08. The Morgan fingerprint density at radius 1 is 1.31 bits per heavy atom. The normalized spacial score (nSPS) is 17.4. The summed E-state index contributed by atoms with van der Waals surface area (Å²) in [6.45, 7) is 0.399. The maximum Gasteiger partial charge on any atom is 0.231 e. The smallest absolute Gasteiger partial charge is 0.231 e. The summed E-state index contributed by atoms with van der Waals surface area (Å²) in [5.74, 6) is -0.315. The molecule has 1 N–H and O–H groups in total. The fourth-order valence-electron chi connectivity index (χ4n) is 1.41. The average Bonchev–Trinajstić information content (AvgIpc) is 2.48. The van der Waals surface area contributed by atoms with E-state index >= 15 is 0 Å². The second-order valence-electron chi connectivity index (χ2n) is 3.37. The van der Waals surface area contributed by atoms with E-state index in [1.165, 1.54) is 26.0 Å². The summed E-state index contributed by atoms with van der Waals surface area (Å²) < 4.78 is 24.4. The molecule has 0 saturated carbocycles. The fourth-order valence-corrected chi connectivity index (χ4v) is 1.41. The summed E-state index contributed by atoms with van der Waals surface area (Å²) in [5.41, 5.74) is 0.514. The van der Waals surface area contributed by atoms with Gasteiger partial charge in [0.05, 0.1) is 5.69 Å². The van der Waals surface area contributed by atoms with Crippen molar-refractivity contribution in [3.63, 3.8) is 0 Å². The van der Waals surface area contributed by atoms with Crippen molar-refractivity contribution in [2.45, 2.75) is 13.8 Å². The van der Waals surface area contributed by atoms with Gasteiger partial charge in [0, 0.05) is 18.6 Å². The van der Waals surface area contributed by atoms with Gasteiger partial charge in [-0.25, -0.2) is 0 Å². The Labute approximate surface area is 95.2 Å². The van der Waals surface area contributed by atoms with Crippen molar-refractivity contribution >= 4 is 17.4 Å². The Hall–Kier alpha value is -2.04. The maximum absolute atomic E-state index is 11.5. The Morgan fingerprint density at radius 3 is 2.50 bits per heavy atom. The molecule has 1 aromatic rings. The largest absolute Gasteiger partial charge is 0.454 e. The minimum atomic E-state index is -2.26. The minimum Gasteiger partial charge on any atom is -0.454 e. The van der Waals surface area contributed by atoms with Crippen molar-refractivity contribution < 1.29 is 21.8 Å². The fraction of sp³-hybridized carbons (Fsp3) is 0.273. The number of Topliss-reactive ketones (excluding diaryl/α,β-unsaturated/α-hetero) is 1. The van der Waals surface area contributed by atoms with Crippen LogP contribution in [-0.2, 0) is 4.79 Å². The summed E-state index contributed by atoms with van der Waals surface area (Å²) in [6, 6.07) is 2.73. The summed E-state index contributed by atoms with van der Waals surface area (Å²) >= 11 is 0. The lowest BCUT2D eigenvalue weighted by Gasteiger charge is -2.08. The molecule has 1 aromatic carbocycles. The van der Waals surface area contributed by atoms with Crippen LogP contribution < -0.4 is 14.8 Å². The van der Waals surface area contributed by atoms with Crippen LogP contribution in [0.3, 0.4) is 0 Å². The summed E-state index contributed by atoms with van der Waals surface area (Å²) in [7, 11) is 0. The Kier molecular flexibility index (Phi) is 1.96.